The Morgan fingerprint density at radius 1 is 0.967 bits per heavy atom. The van der Waals surface area contributed by atoms with Gasteiger partial charge in [-0.2, -0.15) is 0 Å². The minimum Gasteiger partial charge on any atom is -0.369 e. The Hall–Kier alpha value is -2.90. The highest BCUT2D eigenvalue weighted by Crippen LogP contribution is 2.31. The number of fused-ring (bicyclic) bond motifs is 3. The summed E-state index contributed by atoms with van der Waals surface area (Å²) < 4.78 is 1.79. The van der Waals surface area contributed by atoms with Gasteiger partial charge in [-0.1, -0.05) is 12.1 Å². The molecule has 0 saturated carbocycles. The Balaban J connectivity index is 0.00000218. The molecule has 1 N–H and O–H groups in total. The van der Waals surface area contributed by atoms with Crippen LogP contribution in [0.25, 0.3) is 21.9 Å². The van der Waals surface area contributed by atoms with Crippen molar-refractivity contribution in [2.24, 2.45) is 7.05 Å². The van der Waals surface area contributed by atoms with E-state index in [1.165, 1.54) is 5.69 Å². The van der Waals surface area contributed by atoms with Crippen LogP contribution < -0.4 is 10.2 Å². The topological polar surface area (TPSA) is 62.1 Å². The fourth-order valence-electron chi connectivity index (χ4n) is 4.08. The summed E-state index contributed by atoms with van der Waals surface area (Å²) in [5.74, 6) is 0. The molecule has 0 aliphatic carbocycles. The lowest BCUT2D eigenvalue weighted by Crippen LogP contribution is -2.46. The zero-order chi connectivity index (χ0) is 19.8. The average molecular weight is 424 g/mol. The number of likely N-dealkylation sites (N-methyl/N-ethyl adjacent to an activating group) is 1. The highest BCUT2D eigenvalue weighted by Gasteiger charge is 2.16. The molecule has 0 amide bonds. The molecule has 0 atom stereocenters. The van der Waals surface area contributed by atoms with Crippen LogP contribution in [0.2, 0.25) is 0 Å². The highest BCUT2D eigenvalue weighted by molar-refractivity contribution is 6.09. The van der Waals surface area contributed by atoms with E-state index < -0.39 is 0 Å². The summed E-state index contributed by atoms with van der Waals surface area (Å²) in [5, 5.41) is 13.1. The Labute approximate surface area is 182 Å². The van der Waals surface area contributed by atoms with Crippen molar-refractivity contribution in [1.82, 2.24) is 24.9 Å². The number of benzene rings is 2. The van der Waals surface area contributed by atoms with Crippen LogP contribution in [0.15, 0.2) is 48.7 Å². The van der Waals surface area contributed by atoms with Gasteiger partial charge in [-0.25, -0.2) is 4.68 Å². The Kier molecular flexibility index (Phi) is 5.74. The summed E-state index contributed by atoms with van der Waals surface area (Å²) in [5.41, 5.74) is 6.09. The predicted molar refractivity (Wildman–Crippen MR) is 125 cm³/mol. The van der Waals surface area contributed by atoms with Gasteiger partial charge in [-0.3, -0.25) is 4.98 Å². The number of aromatic nitrogens is 4. The van der Waals surface area contributed by atoms with Gasteiger partial charge in [0.25, 0.3) is 0 Å². The van der Waals surface area contributed by atoms with Crippen LogP contribution in [0.1, 0.15) is 6.92 Å². The molecule has 0 bridgehead atoms. The van der Waals surface area contributed by atoms with E-state index in [1.807, 2.05) is 31.4 Å². The molecule has 2 aromatic heterocycles. The largest absolute Gasteiger partial charge is 0.369 e. The molecule has 0 spiro atoms. The molecule has 5 rings (SSSR count). The number of anilines is 3. The van der Waals surface area contributed by atoms with E-state index >= 15 is 0 Å². The highest BCUT2D eigenvalue weighted by atomic mass is 35.5. The van der Waals surface area contributed by atoms with E-state index in [1.54, 1.807) is 4.68 Å². The third-order valence-corrected chi connectivity index (χ3v) is 5.82. The van der Waals surface area contributed by atoms with Crippen LogP contribution in [0.5, 0.6) is 0 Å². The van der Waals surface area contributed by atoms with Crippen LogP contribution in [-0.4, -0.2) is 57.6 Å². The van der Waals surface area contributed by atoms with Gasteiger partial charge in [0.05, 0.1) is 22.1 Å². The van der Waals surface area contributed by atoms with Crippen LogP contribution in [0, 0.1) is 0 Å². The predicted octanol–water partition coefficient (Wildman–Crippen LogP) is 3.82. The van der Waals surface area contributed by atoms with Crippen molar-refractivity contribution in [3.05, 3.63) is 48.7 Å². The van der Waals surface area contributed by atoms with Gasteiger partial charge in [0.15, 0.2) is 0 Å². The quantitative estimate of drug-likeness (QED) is 0.538. The van der Waals surface area contributed by atoms with Crippen LogP contribution in [0.4, 0.5) is 17.1 Å². The molecule has 4 aromatic rings. The lowest BCUT2D eigenvalue weighted by Gasteiger charge is -2.35. The summed E-state index contributed by atoms with van der Waals surface area (Å²) in [4.78, 5) is 9.46. The van der Waals surface area contributed by atoms with Crippen LogP contribution >= 0.6 is 12.4 Å². The van der Waals surface area contributed by atoms with Gasteiger partial charge in [-0.15, -0.1) is 17.5 Å². The van der Waals surface area contributed by atoms with Gasteiger partial charge < -0.3 is 15.1 Å². The van der Waals surface area contributed by atoms with Crippen molar-refractivity contribution in [3.8, 4) is 0 Å². The first-order valence-corrected chi connectivity index (χ1v) is 10.1. The smallest absolute Gasteiger partial charge is 0.124 e. The molecule has 1 aliphatic rings. The van der Waals surface area contributed by atoms with Crippen molar-refractivity contribution in [2.45, 2.75) is 6.92 Å². The van der Waals surface area contributed by atoms with Gasteiger partial charge in [0.2, 0.25) is 0 Å². The minimum atomic E-state index is 0. The fraction of sp³-hybridized carbons (Fsp3) is 0.318. The number of nitrogens with zero attached hydrogens (tertiary/aromatic N) is 6. The zero-order valence-corrected chi connectivity index (χ0v) is 18.1. The lowest BCUT2D eigenvalue weighted by atomic mass is 10.1. The molecular weight excluding hydrogens is 398 g/mol. The number of aryl methyl sites for hydroxylation is 1. The Morgan fingerprint density at radius 3 is 2.47 bits per heavy atom. The normalized spacial score (nSPS) is 14.8. The van der Waals surface area contributed by atoms with Gasteiger partial charge in [0, 0.05) is 50.8 Å². The van der Waals surface area contributed by atoms with Crippen molar-refractivity contribution >= 4 is 51.4 Å². The fourth-order valence-corrected chi connectivity index (χ4v) is 4.08. The molecule has 156 valence electrons. The monoisotopic (exact) mass is 423 g/mol. The molecule has 30 heavy (non-hydrogen) atoms. The molecule has 1 aliphatic heterocycles. The van der Waals surface area contributed by atoms with Crippen LogP contribution in [0.3, 0.4) is 0 Å². The van der Waals surface area contributed by atoms with Crippen molar-refractivity contribution in [1.29, 1.82) is 0 Å². The minimum absolute atomic E-state index is 0. The molecular formula is C22H26ClN7. The summed E-state index contributed by atoms with van der Waals surface area (Å²) in [6.07, 6.45) is 1.83. The first kappa shape index (κ1) is 20.4. The summed E-state index contributed by atoms with van der Waals surface area (Å²) in [6.45, 7) is 7.80. The molecule has 0 radical (unpaired) electrons. The van der Waals surface area contributed by atoms with E-state index in [9.17, 15) is 0 Å². The number of rotatable bonds is 4. The molecule has 1 fully saturated rings. The van der Waals surface area contributed by atoms with Gasteiger partial charge in [-0.05, 0) is 49.0 Å². The lowest BCUT2D eigenvalue weighted by molar-refractivity contribution is 0.271. The first-order valence-electron chi connectivity index (χ1n) is 10.1. The number of halogens is 1. The van der Waals surface area contributed by atoms with Crippen molar-refractivity contribution in [2.75, 3.05) is 42.9 Å². The van der Waals surface area contributed by atoms with Crippen molar-refractivity contribution < 1.29 is 0 Å². The maximum Gasteiger partial charge on any atom is 0.124 e. The number of pyridine rings is 1. The number of hydrogen-bond acceptors (Lipinski definition) is 6. The Bertz CT molecular complexity index is 1150. The van der Waals surface area contributed by atoms with Gasteiger partial charge >= 0.3 is 0 Å². The van der Waals surface area contributed by atoms with Gasteiger partial charge in [0.1, 0.15) is 5.52 Å². The summed E-state index contributed by atoms with van der Waals surface area (Å²) >= 11 is 0. The van der Waals surface area contributed by atoms with E-state index in [0.29, 0.717) is 0 Å². The summed E-state index contributed by atoms with van der Waals surface area (Å²) in [7, 11) is 1.91. The summed E-state index contributed by atoms with van der Waals surface area (Å²) in [6, 6.07) is 14.7. The number of nitrogens with one attached hydrogen (secondary N) is 1. The number of piperazine rings is 1. The second kappa shape index (κ2) is 8.45. The molecule has 3 heterocycles. The van der Waals surface area contributed by atoms with E-state index in [2.05, 4.69) is 61.6 Å². The number of hydrogen-bond donors (Lipinski definition) is 1. The first-order chi connectivity index (χ1) is 14.2. The average Bonchev–Trinajstić information content (AvgIpc) is 3.15. The third-order valence-electron chi connectivity index (χ3n) is 5.82. The molecule has 0 unspecified atom stereocenters. The Morgan fingerprint density at radius 2 is 1.73 bits per heavy atom. The second-order valence-corrected chi connectivity index (χ2v) is 7.49. The maximum absolute atomic E-state index is 4.50. The molecule has 1 saturated heterocycles. The molecule has 8 heteroatoms. The van der Waals surface area contributed by atoms with E-state index in [0.717, 1.165) is 66.0 Å². The molecule has 7 nitrogen and oxygen atoms in total. The zero-order valence-electron chi connectivity index (χ0n) is 17.2. The van der Waals surface area contributed by atoms with E-state index in [4.69, 9.17) is 0 Å². The molecule has 2 aromatic carbocycles. The van der Waals surface area contributed by atoms with E-state index in [-0.39, 0.29) is 12.4 Å². The SMILES string of the molecule is CCN1CCN(c2ccc(Nc3ccnc4ccc5c(nnn5C)c34)cc2)CC1.Cl. The maximum atomic E-state index is 4.50. The standard InChI is InChI=1S/C22H25N7.ClH/c1-3-28-12-14-29(15-13-28)17-6-4-16(5-7-17)24-19-10-11-23-18-8-9-20-22(21(18)19)25-26-27(20)2;/h4-11H,3,12-15H2,1-2H3,(H,23,24);1H. The van der Waals surface area contributed by atoms with Crippen molar-refractivity contribution in [3.63, 3.8) is 0 Å². The van der Waals surface area contributed by atoms with Crippen LogP contribution in [-0.2, 0) is 7.05 Å². The second-order valence-electron chi connectivity index (χ2n) is 7.49. The third kappa shape index (κ3) is 3.66.